The highest BCUT2D eigenvalue weighted by atomic mass is 32.2. The summed E-state index contributed by atoms with van der Waals surface area (Å²) in [4.78, 5) is 23.6. The summed E-state index contributed by atoms with van der Waals surface area (Å²) in [6.07, 6.45) is -2.20. The molecule has 0 amide bonds. The normalized spacial score (nSPS) is 17.1. The summed E-state index contributed by atoms with van der Waals surface area (Å²) in [6, 6.07) is 5.39. The fraction of sp³-hybridized carbons (Fsp3) is 0.421. The lowest BCUT2D eigenvalue weighted by atomic mass is 10.2. The number of hydrogen-bond acceptors (Lipinski definition) is 7. The molecule has 6 nitrogen and oxygen atoms in total. The van der Waals surface area contributed by atoms with Crippen LogP contribution in [0, 0.1) is 0 Å². The van der Waals surface area contributed by atoms with E-state index in [2.05, 4.69) is 9.97 Å². The lowest BCUT2D eigenvalue weighted by Crippen LogP contribution is -2.44. The van der Waals surface area contributed by atoms with Crippen molar-refractivity contribution in [1.82, 2.24) is 14.5 Å². The van der Waals surface area contributed by atoms with Crippen LogP contribution in [0.15, 0.2) is 33.4 Å². The maximum atomic E-state index is 13.6. The predicted octanol–water partition coefficient (Wildman–Crippen LogP) is 4.16. The quantitative estimate of drug-likeness (QED) is 0.538. The van der Waals surface area contributed by atoms with Crippen molar-refractivity contribution in [3.8, 4) is 5.75 Å². The number of anilines is 1. The lowest BCUT2D eigenvalue weighted by molar-refractivity contribution is -0.146. The van der Waals surface area contributed by atoms with Gasteiger partial charge in [0, 0.05) is 6.54 Å². The van der Waals surface area contributed by atoms with Crippen molar-refractivity contribution < 1.29 is 17.9 Å². The Morgan fingerprint density at radius 1 is 1.27 bits per heavy atom. The molecule has 11 heteroatoms. The van der Waals surface area contributed by atoms with Gasteiger partial charge in [-0.25, -0.2) is 9.97 Å². The van der Waals surface area contributed by atoms with E-state index in [4.69, 9.17) is 4.74 Å². The average molecular weight is 457 g/mol. The Balaban J connectivity index is 1.86. The number of benzene rings is 1. The van der Waals surface area contributed by atoms with Crippen LogP contribution in [0.25, 0.3) is 10.3 Å². The first-order valence-corrected chi connectivity index (χ1v) is 11.3. The summed E-state index contributed by atoms with van der Waals surface area (Å²) in [5.41, 5.74) is 0.503. The molecule has 0 aliphatic carbocycles. The van der Waals surface area contributed by atoms with Crippen LogP contribution in [0.1, 0.15) is 18.4 Å². The molecule has 1 saturated heterocycles. The number of ether oxygens (including phenoxy) is 1. The Morgan fingerprint density at radius 2 is 2.00 bits per heavy atom. The first-order valence-electron chi connectivity index (χ1n) is 9.23. The molecule has 3 aromatic rings. The van der Waals surface area contributed by atoms with Crippen LogP contribution in [-0.4, -0.2) is 46.7 Å². The minimum absolute atomic E-state index is 0.0152. The summed E-state index contributed by atoms with van der Waals surface area (Å²) in [5, 5.41) is 0. The van der Waals surface area contributed by atoms with Gasteiger partial charge in [0.1, 0.15) is 11.8 Å². The first kappa shape index (κ1) is 21.0. The van der Waals surface area contributed by atoms with Gasteiger partial charge in [-0.3, -0.25) is 9.36 Å². The third kappa shape index (κ3) is 3.87. The lowest BCUT2D eigenvalue weighted by Gasteiger charge is -2.29. The molecule has 0 saturated carbocycles. The Morgan fingerprint density at radius 3 is 2.63 bits per heavy atom. The Bertz CT molecular complexity index is 1110. The van der Waals surface area contributed by atoms with E-state index < -0.39 is 17.8 Å². The first-order chi connectivity index (χ1) is 14.3. The molecule has 4 rings (SSSR count). The van der Waals surface area contributed by atoms with E-state index in [-0.39, 0.29) is 31.0 Å². The predicted molar refractivity (Wildman–Crippen MR) is 112 cm³/mol. The molecule has 1 aliphatic rings. The number of alkyl halides is 3. The van der Waals surface area contributed by atoms with Crippen molar-refractivity contribution in [1.29, 1.82) is 0 Å². The molecular weight excluding hydrogens is 437 g/mol. The summed E-state index contributed by atoms with van der Waals surface area (Å²) in [6.45, 7) is 0.285. The second kappa shape index (κ2) is 8.10. The van der Waals surface area contributed by atoms with Crippen LogP contribution in [0.3, 0.4) is 0 Å². The zero-order valence-corrected chi connectivity index (χ0v) is 17.9. The summed E-state index contributed by atoms with van der Waals surface area (Å²) >= 11 is 2.59. The molecule has 2 aromatic heterocycles. The zero-order chi connectivity index (χ0) is 21.5. The van der Waals surface area contributed by atoms with Crippen molar-refractivity contribution in [3.05, 3.63) is 40.2 Å². The minimum atomic E-state index is -4.40. The Labute approximate surface area is 178 Å². The van der Waals surface area contributed by atoms with Gasteiger partial charge < -0.3 is 9.64 Å². The minimum Gasteiger partial charge on any atom is -0.497 e. The smallest absolute Gasteiger partial charge is 0.408 e. The standard InChI is InChI=1S/C19H19F3N4O2S2/c1-28-12-7-5-11(6-8-12)10-26-16(27)14-15(30-18(23-14)29-2)24-17(26)25-9-3-4-13(25)19(20,21)22/h5-8,13H,3-4,9-10H2,1-2H3. The van der Waals surface area contributed by atoms with Crippen LogP contribution in [-0.2, 0) is 6.54 Å². The molecular formula is C19H19F3N4O2S2. The third-order valence-electron chi connectivity index (χ3n) is 5.04. The molecule has 30 heavy (non-hydrogen) atoms. The molecule has 0 bridgehead atoms. The van der Waals surface area contributed by atoms with E-state index in [1.807, 2.05) is 6.26 Å². The van der Waals surface area contributed by atoms with Crippen molar-refractivity contribution >= 4 is 39.4 Å². The number of fused-ring (bicyclic) bond motifs is 1. The van der Waals surface area contributed by atoms with E-state index in [1.165, 1.54) is 32.6 Å². The molecule has 1 atom stereocenters. The molecule has 160 valence electrons. The van der Waals surface area contributed by atoms with Crippen molar-refractivity contribution in [2.45, 2.75) is 35.9 Å². The SMILES string of the molecule is COc1ccc(Cn2c(N3CCCC3C(F)(F)F)nc3sc(SC)nc3c2=O)cc1. The molecule has 1 aliphatic heterocycles. The molecule has 3 heterocycles. The number of thioether (sulfide) groups is 1. The molecule has 1 fully saturated rings. The van der Waals surface area contributed by atoms with Crippen molar-refractivity contribution in [2.24, 2.45) is 0 Å². The summed E-state index contributed by atoms with van der Waals surface area (Å²) < 4.78 is 48.0. The monoisotopic (exact) mass is 456 g/mol. The van der Waals surface area contributed by atoms with Gasteiger partial charge in [-0.2, -0.15) is 13.2 Å². The molecule has 0 spiro atoms. The highest BCUT2D eigenvalue weighted by molar-refractivity contribution is 8.00. The number of aromatic nitrogens is 3. The maximum Gasteiger partial charge on any atom is 0.408 e. The highest BCUT2D eigenvalue weighted by Gasteiger charge is 2.47. The van der Waals surface area contributed by atoms with Crippen molar-refractivity contribution in [3.63, 3.8) is 0 Å². The van der Waals surface area contributed by atoms with Crippen LogP contribution in [0.2, 0.25) is 0 Å². The number of halogens is 3. The number of nitrogens with zero attached hydrogens (tertiary/aromatic N) is 4. The van der Waals surface area contributed by atoms with Gasteiger partial charge in [-0.1, -0.05) is 35.2 Å². The van der Waals surface area contributed by atoms with Gasteiger partial charge in [0.2, 0.25) is 5.95 Å². The second-order valence-electron chi connectivity index (χ2n) is 6.88. The van der Waals surface area contributed by atoms with Crippen LogP contribution in [0.5, 0.6) is 5.75 Å². The average Bonchev–Trinajstić information content (AvgIpc) is 3.37. The molecule has 0 radical (unpaired) electrons. The summed E-state index contributed by atoms with van der Waals surface area (Å²) in [7, 11) is 1.55. The van der Waals surface area contributed by atoms with Gasteiger partial charge in [-0.05, 0) is 36.8 Å². The number of rotatable bonds is 5. The van der Waals surface area contributed by atoms with Gasteiger partial charge in [0.15, 0.2) is 14.7 Å². The van der Waals surface area contributed by atoms with E-state index in [0.717, 1.165) is 5.56 Å². The van der Waals surface area contributed by atoms with Gasteiger partial charge in [0.05, 0.1) is 13.7 Å². The van der Waals surface area contributed by atoms with Gasteiger partial charge in [-0.15, -0.1) is 0 Å². The van der Waals surface area contributed by atoms with Crippen LogP contribution >= 0.6 is 23.1 Å². The second-order valence-corrected chi connectivity index (χ2v) is 8.91. The van der Waals surface area contributed by atoms with Crippen LogP contribution in [0.4, 0.5) is 19.1 Å². The molecule has 1 unspecified atom stereocenters. The molecule has 1 aromatic carbocycles. The summed E-state index contributed by atoms with van der Waals surface area (Å²) in [5.74, 6) is 0.695. The zero-order valence-electron chi connectivity index (χ0n) is 16.3. The largest absolute Gasteiger partial charge is 0.497 e. The fourth-order valence-corrected chi connectivity index (χ4v) is 5.00. The third-order valence-corrected chi connectivity index (χ3v) is 6.98. The maximum absolute atomic E-state index is 13.6. The van der Waals surface area contributed by atoms with E-state index in [9.17, 15) is 18.0 Å². The van der Waals surface area contributed by atoms with E-state index in [0.29, 0.717) is 21.3 Å². The topological polar surface area (TPSA) is 60.2 Å². The number of hydrogen-bond donors (Lipinski definition) is 0. The molecule has 0 N–H and O–H groups in total. The fourth-order valence-electron chi connectivity index (χ4n) is 3.59. The van der Waals surface area contributed by atoms with Crippen molar-refractivity contribution in [2.75, 3.05) is 24.8 Å². The van der Waals surface area contributed by atoms with Gasteiger partial charge in [0.25, 0.3) is 5.56 Å². The van der Waals surface area contributed by atoms with Gasteiger partial charge >= 0.3 is 6.18 Å². The van der Waals surface area contributed by atoms with E-state index in [1.54, 1.807) is 31.4 Å². The highest BCUT2D eigenvalue weighted by Crippen LogP contribution is 2.36. The number of methoxy groups -OCH3 is 1. The Hall–Kier alpha value is -2.27. The van der Waals surface area contributed by atoms with Crippen LogP contribution < -0.4 is 15.2 Å². The van der Waals surface area contributed by atoms with E-state index >= 15 is 0 Å². The Kier molecular flexibility index (Phi) is 5.67. The number of thiazole rings is 1.